The summed E-state index contributed by atoms with van der Waals surface area (Å²) in [6.45, 7) is 4.39. The molecule has 240 valence electrons. The first kappa shape index (κ1) is 32.1. The molecule has 4 nitrogen and oxygen atoms in total. The van der Waals surface area contributed by atoms with Crippen LogP contribution in [0.15, 0.2) is 170 Å². The van der Waals surface area contributed by atoms with E-state index in [1.165, 1.54) is 13.2 Å². The number of aromatic hydroxyl groups is 1. The molecule has 0 amide bonds. The fraction of sp³-hybridized carbons (Fsp3) is 0.0909. The molecule has 0 atom stereocenters. The normalized spacial score (nSPS) is 11.4. The van der Waals surface area contributed by atoms with Crippen molar-refractivity contribution in [1.29, 1.82) is 0 Å². The van der Waals surface area contributed by atoms with Gasteiger partial charge in [0.1, 0.15) is 0 Å². The van der Waals surface area contributed by atoms with Gasteiger partial charge in [-0.15, -0.1) is 0 Å². The van der Waals surface area contributed by atoms with Crippen LogP contribution < -0.4 is 22.5 Å². The average Bonchev–Trinajstić information content (AvgIpc) is 3.14. The van der Waals surface area contributed by atoms with Crippen molar-refractivity contribution in [3.05, 3.63) is 176 Å². The van der Waals surface area contributed by atoms with E-state index in [1.54, 1.807) is 6.07 Å². The van der Waals surface area contributed by atoms with Gasteiger partial charge in [0.25, 0.3) is 0 Å². The second-order valence-electron chi connectivity index (χ2n) is 12.7. The van der Waals surface area contributed by atoms with Gasteiger partial charge in [-0.1, -0.05) is 0 Å². The average molecular weight is 699 g/mol. The number of hydrogen-bond donors (Lipinski definition) is 1. The van der Waals surface area contributed by atoms with Crippen molar-refractivity contribution in [2.24, 2.45) is 5.92 Å². The zero-order chi connectivity index (χ0) is 33.6. The number of rotatable bonds is 10. The fourth-order valence-electron chi connectivity index (χ4n) is 6.74. The van der Waals surface area contributed by atoms with Gasteiger partial charge < -0.3 is 0 Å². The summed E-state index contributed by atoms with van der Waals surface area (Å²) in [5, 5.41) is 11.0. The first-order chi connectivity index (χ1) is 24.0. The second-order valence-corrected chi connectivity index (χ2v) is 20.5. The molecule has 7 aromatic rings. The van der Waals surface area contributed by atoms with Gasteiger partial charge in [-0.25, -0.2) is 0 Å². The minimum absolute atomic E-state index is 0.203. The number of phenolic OH excluding ortho intramolecular Hbond substituents is 1. The summed E-state index contributed by atoms with van der Waals surface area (Å²) in [4.78, 5) is 10.5. The fourth-order valence-corrected chi connectivity index (χ4v) is 16.4. The number of ether oxygens (including phenoxy) is 1. The summed E-state index contributed by atoms with van der Waals surface area (Å²) in [6.07, 6.45) is 2.69. The van der Waals surface area contributed by atoms with Gasteiger partial charge in [0, 0.05) is 0 Å². The van der Waals surface area contributed by atoms with Crippen LogP contribution in [-0.2, 0) is 6.42 Å². The Morgan fingerprint density at radius 3 is 1.86 bits per heavy atom. The molecule has 0 saturated carbocycles. The molecule has 0 spiro atoms. The summed E-state index contributed by atoms with van der Waals surface area (Å²) < 4.78 is 11.6. The Morgan fingerprint density at radius 2 is 1.22 bits per heavy atom. The molecule has 0 aliphatic heterocycles. The zero-order valence-corrected chi connectivity index (χ0v) is 29.8. The van der Waals surface area contributed by atoms with Crippen molar-refractivity contribution in [2.75, 3.05) is 0 Å². The van der Waals surface area contributed by atoms with Crippen LogP contribution in [0.2, 0.25) is 0 Å². The summed E-state index contributed by atoms with van der Waals surface area (Å²) in [7, 11) is 0. The third-order valence-electron chi connectivity index (χ3n) is 8.86. The maximum atomic E-state index is 11.0. The van der Waals surface area contributed by atoms with Crippen molar-refractivity contribution in [3.8, 4) is 39.8 Å². The number of hydrogen-bond acceptors (Lipinski definition) is 4. The van der Waals surface area contributed by atoms with Crippen LogP contribution in [0, 0.1) is 5.92 Å². The number of phenols is 1. The molecule has 5 heteroatoms. The van der Waals surface area contributed by atoms with E-state index in [-0.39, 0.29) is 5.75 Å². The minimum atomic E-state index is -3.65. The molecule has 0 saturated heterocycles. The molecule has 0 aliphatic rings. The van der Waals surface area contributed by atoms with E-state index in [9.17, 15) is 5.11 Å². The van der Waals surface area contributed by atoms with E-state index >= 15 is 0 Å². The first-order valence-electron chi connectivity index (χ1n) is 16.7. The molecule has 2 heterocycles. The van der Waals surface area contributed by atoms with Crippen LogP contribution in [0.1, 0.15) is 19.4 Å². The molecule has 0 radical (unpaired) electrons. The van der Waals surface area contributed by atoms with E-state index < -0.39 is 13.3 Å². The molecular formula is C44H38GeN2O2. The maximum absolute atomic E-state index is 11.0. The Hall–Kier alpha value is -5.46. The van der Waals surface area contributed by atoms with Crippen LogP contribution >= 0.6 is 0 Å². The van der Waals surface area contributed by atoms with E-state index in [0.29, 0.717) is 17.2 Å². The van der Waals surface area contributed by atoms with Gasteiger partial charge in [0.05, 0.1) is 0 Å². The van der Waals surface area contributed by atoms with Crippen LogP contribution in [0.3, 0.4) is 0 Å². The molecule has 7 rings (SSSR count). The van der Waals surface area contributed by atoms with Crippen LogP contribution in [0.5, 0.6) is 17.2 Å². The Kier molecular flexibility index (Phi) is 9.40. The quantitative estimate of drug-likeness (QED) is 0.148. The van der Waals surface area contributed by atoms with Crippen molar-refractivity contribution < 1.29 is 9.84 Å². The zero-order valence-electron chi connectivity index (χ0n) is 27.7. The van der Waals surface area contributed by atoms with Crippen molar-refractivity contribution in [3.63, 3.8) is 0 Å². The van der Waals surface area contributed by atoms with E-state index in [0.717, 1.165) is 39.2 Å². The van der Waals surface area contributed by atoms with Crippen LogP contribution in [-0.4, -0.2) is 28.3 Å². The third kappa shape index (κ3) is 6.52. The standard InChI is InChI=1S/C44H38GeN2O2/c1-32(2)29-34-31-41(49-38-23-10-5-11-24-38)44(47-43(34)39-25-12-13-26-40(39)48)33-17-16-22-37(30-33)45(35-18-6-3-7-19-35,36-20-8-4-9-21-36)42-27-14-15-28-46-42/h3-28,30-32,48H,29H2,1-2H3. The second kappa shape index (κ2) is 14.3. The molecule has 0 fully saturated rings. The van der Waals surface area contributed by atoms with Gasteiger partial charge >= 0.3 is 292 Å². The molecular weight excluding hydrogens is 661 g/mol. The summed E-state index contributed by atoms with van der Waals surface area (Å²) in [5.74, 6) is 1.98. The molecule has 0 bridgehead atoms. The molecule has 0 unspecified atom stereocenters. The molecule has 1 N–H and O–H groups in total. The van der Waals surface area contributed by atoms with E-state index in [1.807, 2.05) is 60.8 Å². The van der Waals surface area contributed by atoms with Crippen molar-refractivity contribution in [1.82, 2.24) is 9.97 Å². The van der Waals surface area contributed by atoms with Gasteiger partial charge in [-0.2, -0.15) is 0 Å². The summed E-state index contributed by atoms with van der Waals surface area (Å²) >= 11 is -3.65. The van der Waals surface area contributed by atoms with Crippen molar-refractivity contribution >= 4 is 31.0 Å². The molecule has 49 heavy (non-hydrogen) atoms. The van der Waals surface area contributed by atoms with Gasteiger partial charge in [0.2, 0.25) is 0 Å². The topological polar surface area (TPSA) is 55.2 Å². The van der Waals surface area contributed by atoms with Crippen LogP contribution in [0.25, 0.3) is 22.5 Å². The number of para-hydroxylation sites is 2. The molecule has 0 aliphatic carbocycles. The predicted molar refractivity (Wildman–Crippen MR) is 203 cm³/mol. The number of aromatic nitrogens is 2. The third-order valence-corrected chi connectivity index (χ3v) is 18.6. The summed E-state index contributed by atoms with van der Waals surface area (Å²) in [5.41, 5.74) is 4.15. The Morgan fingerprint density at radius 1 is 0.612 bits per heavy atom. The van der Waals surface area contributed by atoms with Gasteiger partial charge in [-0.05, 0) is 0 Å². The number of pyridine rings is 2. The SMILES string of the molecule is CC(C)Cc1cc(Oc2ccccc2)c(-c2ccc[c]([Ge]([c]3ccccc3)([c]3ccccc3)[c]3ccccn3)c2)nc1-c1ccccc1O. The Bertz CT molecular complexity index is 2060. The molecule has 5 aromatic carbocycles. The van der Waals surface area contributed by atoms with Crippen molar-refractivity contribution in [2.45, 2.75) is 20.3 Å². The van der Waals surface area contributed by atoms with E-state index in [2.05, 4.69) is 117 Å². The van der Waals surface area contributed by atoms with Crippen LogP contribution in [0.4, 0.5) is 0 Å². The monoisotopic (exact) mass is 700 g/mol. The molecule has 2 aromatic heterocycles. The van der Waals surface area contributed by atoms with Gasteiger partial charge in [-0.3, -0.25) is 0 Å². The Balaban J connectivity index is 1.51. The Labute approximate surface area is 291 Å². The van der Waals surface area contributed by atoms with E-state index in [4.69, 9.17) is 14.7 Å². The number of benzene rings is 5. The predicted octanol–water partition coefficient (Wildman–Crippen LogP) is 7.88. The first-order valence-corrected chi connectivity index (χ1v) is 20.9. The summed E-state index contributed by atoms with van der Waals surface area (Å²) in [6, 6.07) is 56.2. The van der Waals surface area contributed by atoms with Gasteiger partial charge in [0.15, 0.2) is 0 Å². The number of nitrogens with zero attached hydrogens (tertiary/aromatic N) is 2.